The highest BCUT2D eigenvalue weighted by molar-refractivity contribution is 6.40. The van der Waals surface area contributed by atoms with Crippen molar-refractivity contribution in [1.82, 2.24) is 4.57 Å². The van der Waals surface area contributed by atoms with Gasteiger partial charge in [-0.2, -0.15) is 0 Å². The van der Waals surface area contributed by atoms with E-state index in [4.69, 9.17) is 27.9 Å². The maximum absolute atomic E-state index is 12.2. The summed E-state index contributed by atoms with van der Waals surface area (Å²) in [6.07, 6.45) is 0. The Morgan fingerprint density at radius 2 is 1.88 bits per heavy atom. The molecule has 0 spiro atoms. The minimum Gasteiger partial charge on any atom is -0.452 e. The van der Waals surface area contributed by atoms with Gasteiger partial charge in [0, 0.05) is 17.9 Å². The molecule has 0 aliphatic heterocycles. The average Bonchev–Trinajstić information content (AvgIpc) is 2.87. The Hall–Kier alpha value is -1.98. The number of esters is 1. The second-order valence-corrected chi connectivity index (χ2v) is 6.49. The third-order valence-corrected chi connectivity index (χ3v) is 4.79. The van der Waals surface area contributed by atoms with E-state index in [0.717, 1.165) is 23.5 Å². The standard InChI is InChI=1S/C18H20Cl2N2O3/c1-5-22-11(3)8-13(12(22)4)18(24)25-9-15(23)21-17-14(19)7-6-10(2)16(17)20/h6-8H,5,9H2,1-4H3,(H,21,23). The normalized spacial score (nSPS) is 10.6. The highest BCUT2D eigenvalue weighted by Crippen LogP contribution is 2.32. The van der Waals surface area contributed by atoms with Crippen LogP contribution in [-0.4, -0.2) is 23.1 Å². The molecule has 0 unspecified atom stereocenters. The number of rotatable bonds is 5. The van der Waals surface area contributed by atoms with E-state index in [1.165, 1.54) is 0 Å². The minimum absolute atomic E-state index is 0.313. The van der Waals surface area contributed by atoms with Crippen LogP contribution in [0.15, 0.2) is 18.2 Å². The molecule has 0 atom stereocenters. The van der Waals surface area contributed by atoms with Crippen molar-refractivity contribution in [1.29, 1.82) is 0 Å². The lowest BCUT2D eigenvalue weighted by molar-refractivity contribution is -0.119. The average molecular weight is 383 g/mol. The molecule has 2 aromatic rings. The second kappa shape index (κ2) is 7.93. The second-order valence-electron chi connectivity index (χ2n) is 5.71. The van der Waals surface area contributed by atoms with Gasteiger partial charge < -0.3 is 14.6 Å². The van der Waals surface area contributed by atoms with Crippen molar-refractivity contribution in [2.75, 3.05) is 11.9 Å². The predicted molar refractivity (Wildman–Crippen MR) is 99.7 cm³/mol. The van der Waals surface area contributed by atoms with Crippen molar-refractivity contribution in [2.24, 2.45) is 0 Å². The number of aromatic nitrogens is 1. The lowest BCUT2D eigenvalue weighted by Gasteiger charge is -2.11. The largest absolute Gasteiger partial charge is 0.452 e. The first-order chi connectivity index (χ1) is 11.8. The van der Waals surface area contributed by atoms with Crippen molar-refractivity contribution in [3.8, 4) is 0 Å². The molecular formula is C18H20Cl2N2O3. The molecule has 25 heavy (non-hydrogen) atoms. The van der Waals surface area contributed by atoms with Crippen LogP contribution in [0, 0.1) is 20.8 Å². The van der Waals surface area contributed by atoms with Gasteiger partial charge in [-0.1, -0.05) is 29.3 Å². The number of amides is 1. The summed E-state index contributed by atoms with van der Waals surface area (Å²) in [6.45, 7) is 7.90. The summed E-state index contributed by atoms with van der Waals surface area (Å²) >= 11 is 12.2. The Morgan fingerprint density at radius 1 is 1.20 bits per heavy atom. The number of anilines is 1. The van der Waals surface area contributed by atoms with Crippen molar-refractivity contribution >= 4 is 40.8 Å². The molecule has 0 bridgehead atoms. The van der Waals surface area contributed by atoms with E-state index >= 15 is 0 Å². The Bertz CT molecular complexity index is 828. The van der Waals surface area contributed by atoms with Crippen LogP contribution in [-0.2, 0) is 16.1 Å². The van der Waals surface area contributed by atoms with E-state index in [2.05, 4.69) is 5.32 Å². The molecule has 1 aromatic carbocycles. The Balaban J connectivity index is 2.03. The summed E-state index contributed by atoms with van der Waals surface area (Å²) in [4.78, 5) is 24.3. The molecule has 1 aromatic heterocycles. The van der Waals surface area contributed by atoms with Gasteiger partial charge in [0.05, 0.1) is 21.3 Å². The molecule has 0 fully saturated rings. The number of halogens is 2. The first-order valence-corrected chi connectivity index (χ1v) is 8.60. The Kier molecular flexibility index (Phi) is 6.14. The molecule has 5 nitrogen and oxygen atoms in total. The van der Waals surface area contributed by atoms with Crippen molar-refractivity contribution in [3.05, 3.63) is 50.8 Å². The van der Waals surface area contributed by atoms with E-state index < -0.39 is 18.5 Å². The van der Waals surface area contributed by atoms with Crippen LogP contribution >= 0.6 is 23.2 Å². The number of carbonyl (C=O) groups excluding carboxylic acids is 2. The summed E-state index contributed by atoms with van der Waals surface area (Å²) < 4.78 is 7.12. The maximum Gasteiger partial charge on any atom is 0.340 e. The molecule has 1 N–H and O–H groups in total. The van der Waals surface area contributed by atoms with Crippen molar-refractivity contribution in [3.63, 3.8) is 0 Å². The molecule has 0 saturated carbocycles. The smallest absolute Gasteiger partial charge is 0.340 e. The van der Waals surface area contributed by atoms with E-state index in [1.807, 2.05) is 25.3 Å². The van der Waals surface area contributed by atoms with E-state index in [9.17, 15) is 9.59 Å². The maximum atomic E-state index is 12.2. The predicted octanol–water partition coefficient (Wildman–Crippen LogP) is 4.54. The van der Waals surface area contributed by atoms with Crippen LogP contribution in [0.25, 0.3) is 0 Å². The number of ether oxygens (including phenoxy) is 1. The van der Waals surface area contributed by atoms with E-state index in [-0.39, 0.29) is 0 Å². The van der Waals surface area contributed by atoms with Crippen molar-refractivity contribution in [2.45, 2.75) is 34.2 Å². The van der Waals surface area contributed by atoms with Crippen LogP contribution in [0.5, 0.6) is 0 Å². The number of hydrogen-bond acceptors (Lipinski definition) is 3. The van der Waals surface area contributed by atoms with Gasteiger partial charge in [0.15, 0.2) is 6.61 Å². The molecule has 0 aliphatic rings. The summed E-state index contributed by atoms with van der Waals surface area (Å²) in [5.41, 5.74) is 3.34. The van der Waals surface area contributed by atoms with Crippen LogP contribution < -0.4 is 5.32 Å². The van der Waals surface area contributed by atoms with Gasteiger partial charge in [-0.25, -0.2) is 4.79 Å². The van der Waals surface area contributed by atoms with E-state index in [0.29, 0.717) is 21.3 Å². The number of aryl methyl sites for hydroxylation is 2. The zero-order valence-corrected chi connectivity index (χ0v) is 16.1. The number of nitrogens with zero attached hydrogens (tertiary/aromatic N) is 1. The number of carbonyl (C=O) groups is 2. The summed E-state index contributed by atoms with van der Waals surface area (Å²) in [7, 11) is 0. The third-order valence-electron chi connectivity index (χ3n) is 3.99. The fraction of sp³-hybridized carbons (Fsp3) is 0.333. The molecule has 1 heterocycles. The first-order valence-electron chi connectivity index (χ1n) is 7.84. The summed E-state index contributed by atoms with van der Waals surface area (Å²) in [6, 6.07) is 5.15. The van der Waals surface area contributed by atoms with Gasteiger partial charge in [-0.05, 0) is 45.4 Å². The lowest BCUT2D eigenvalue weighted by Crippen LogP contribution is -2.21. The molecule has 0 saturated heterocycles. The van der Waals surface area contributed by atoms with Crippen LogP contribution in [0.2, 0.25) is 10.0 Å². The highest BCUT2D eigenvalue weighted by atomic mass is 35.5. The van der Waals surface area contributed by atoms with Gasteiger partial charge in [-0.15, -0.1) is 0 Å². The molecule has 2 rings (SSSR count). The fourth-order valence-corrected chi connectivity index (χ4v) is 3.12. The zero-order valence-electron chi connectivity index (χ0n) is 14.6. The van der Waals surface area contributed by atoms with Crippen molar-refractivity contribution < 1.29 is 14.3 Å². The zero-order chi connectivity index (χ0) is 18.7. The molecule has 1 amide bonds. The molecular weight excluding hydrogens is 363 g/mol. The summed E-state index contributed by atoms with van der Waals surface area (Å²) in [5, 5.41) is 3.26. The highest BCUT2D eigenvalue weighted by Gasteiger charge is 2.18. The van der Waals surface area contributed by atoms with Gasteiger partial charge >= 0.3 is 5.97 Å². The molecule has 0 radical (unpaired) electrons. The van der Waals surface area contributed by atoms with Crippen LogP contribution in [0.3, 0.4) is 0 Å². The fourth-order valence-electron chi connectivity index (χ4n) is 2.65. The van der Waals surface area contributed by atoms with Gasteiger partial charge in [0.1, 0.15) is 0 Å². The summed E-state index contributed by atoms with van der Waals surface area (Å²) in [5.74, 6) is -1.04. The molecule has 0 aliphatic carbocycles. The Labute approximate surface area is 156 Å². The monoisotopic (exact) mass is 382 g/mol. The molecule has 7 heteroatoms. The van der Waals surface area contributed by atoms with Gasteiger partial charge in [-0.3, -0.25) is 4.79 Å². The van der Waals surface area contributed by atoms with Gasteiger partial charge in [0.25, 0.3) is 5.91 Å². The number of benzene rings is 1. The Morgan fingerprint density at radius 3 is 2.48 bits per heavy atom. The third kappa shape index (κ3) is 4.17. The molecule has 134 valence electrons. The lowest BCUT2D eigenvalue weighted by atomic mass is 10.2. The van der Waals surface area contributed by atoms with E-state index in [1.54, 1.807) is 25.1 Å². The minimum atomic E-state index is -0.538. The number of nitrogens with one attached hydrogen (secondary N) is 1. The first kappa shape index (κ1) is 19.3. The van der Waals surface area contributed by atoms with Gasteiger partial charge in [0.2, 0.25) is 0 Å². The topological polar surface area (TPSA) is 60.3 Å². The number of hydrogen-bond donors (Lipinski definition) is 1. The van der Waals surface area contributed by atoms with Crippen LogP contribution in [0.4, 0.5) is 5.69 Å². The van der Waals surface area contributed by atoms with Crippen LogP contribution in [0.1, 0.15) is 34.2 Å². The SMILES string of the molecule is CCn1c(C)cc(C(=O)OCC(=O)Nc2c(Cl)ccc(C)c2Cl)c1C. The quantitative estimate of drug-likeness (QED) is 0.772.